The van der Waals surface area contributed by atoms with Crippen molar-refractivity contribution in [2.24, 2.45) is 5.73 Å². The third kappa shape index (κ3) is 1.60. The molecule has 0 saturated heterocycles. The Kier molecular flexibility index (Phi) is 2.19. The molecule has 2 aromatic heterocycles. The van der Waals surface area contributed by atoms with E-state index in [9.17, 15) is 4.39 Å². The summed E-state index contributed by atoms with van der Waals surface area (Å²) in [4.78, 5) is 7.08. The Bertz CT molecular complexity index is 671. The van der Waals surface area contributed by atoms with Crippen molar-refractivity contribution in [3.05, 3.63) is 42.3 Å². The predicted octanol–water partition coefficient (Wildman–Crippen LogP) is 2.42. The van der Waals surface area contributed by atoms with Gasteiger partial charge < -0.3 is 15.1 Å². The smallest absolute Gasteiger partial charge is 0.208 e. The van der Waals surface area contributed by atoms with E-state index in [1.165, 1.54) is 12.1 Å². The molecular weight excluding hydrogens is 221 g/mol. The van der Waals surface area contributed by atoms with Gasteiger partial charge in [-0.1, -0.05) is 0 Å². The van der Waals surface area contributed by atoms with Crippen molar-refractivity contribution in [1.29, 1.82) is 0 Å². The SMILES string of the molecule is NCc1ncc(-c2c[nH]c3ccc(F)cc23)o1. The van der Waals surface area contributed by atoms with Crippen LogP contribution in [0.2, 0.25) is 0 Å². The summed E-state index contributed by atoms with van der Waals surface area (Å²) >= 11 is 0. The van der Waals surface area contributed by atoms with E-state index in [0.717, 1.165) is 16.5 Å². The van der Waals surface area contributed by atoms with Crippen molar-refractivity contribution in [1.82, 2.24) is 9.97 Å². The number of aromatic amines is 1. The van der Waals surface area contributed by atoms with Crippen molar-refractivity contribution < 1.29 is 8.81 Å². The fourth-order valence-electron chi connectivity index (χ4n) is 1.83. The molecule has 3 rings (SSSR count). The van der Waals surface area contributed by atoms with E-state index in [1.54, 1.807) is 18.5 Å². The number of halogens is 1. The molecule has 0 atom stereocenters. The summed E-state index contributed by atoms with van der Waals surface area (Å²) in [5.41, 5.74) is 7.07. The van der Waals surface area contributed by atoms with Gasteiger partial charge in [0.05, 0.1) is 12.7 Å². The standard InChI is InChI=1S/C12H10FN3O/c13-7-1-2-10-8(3-7)9(5-15-10)11-6-16-12(4-14)17-11/h1-3,5-6,15H,4,14H2. The third-order valence-electron chi connectivity index (χ3n) is 2.64. The Labute approximate surface area is 96.3 Å². The molecule has 0 aliphatic heterocycles. The van der Waals surface area contributed by atoms with Crippen LogP contribution in [0.4, 0.5) is 4.39 Å². The number of oxazole rings is 1. The summed E-state index contributed by atoms with van der Waals surface area (Å²) in [6.07, 6.45) is 3.36. The fraction of sp³-hybridized carbons (Fsp3) is 0.0833. The molecule has 0 radical (unpaired) electrons. The number of nitrogens with two attached hydrogens (primary N) is 1. The van der Waals surface area contributed by atoms with Crippen molar-refractivity contribution in [2.45, 2.75) is 6.54 Å². The number of H-pyrrole nitrogens is 1. The van der Waals surface area contributed by atoms with Crippen LogP contribution in [0.3, 0.4) is 0 Å². The maximum atomic E-state index is 13.2. The number of rotatable bonds is 2. The van der Waals surface area contributed by atoms with Gasteiger partial charge in [0.25, 0.3) is 0 Å². The molecular formula is C12H10FN3O. The normalized spacial score (nSPS) is 11.2. The number of hydrogen-bond donors (Lipinski definition) is 2. The van der Waals surface area contributed by atoms with Crippen LogP contribution in [0, 0.1) is 5.82 Å². The quantitative estimate of drug-likeness (QED) is 0.711. The lowest BCUT2D eigenvalue weighted by atomic mass is 10.1. The summed E-state index contributed by atoms with van der Waals surface area (Å²) < 4.78 is 18.6. The molecule has 0 aliphatic carbocycles. The number of benzene rings is 1. The first-order chi connectivity index (χ1) is 8.28. The first-order valence-electron chi connectivity index (χ1n) is 5.19. The molecule has 5 heteroatoms. The van der Waals surface area contributed by atoms with Gasteiger partial charge in [-0.2, -0.15) is 0 Å². The molecule has 86 valence electrons. The second-order valence-corrected chi connectivity index (χ2v) is 3.71. The molecule has 17 heavy (non-hydrogen) atoms. The molecule has 3 aromatic rings. The summed E-state index contributed by atoms with van der Waals surface area (Å²) in [7, 11) is 0. The van der Waals surface area contributed by atoms with Gasteiger partial charge in [0.15, 0.2) is 5.76 Å². The average molecular weight is 231 g/mol. The van der Waals surface area contributed by atoms with E-state index >= 15 is 0 Å². The first-order valence-corrected chi connectivity index (χ1v) is 5.19. The highest BCUT2D eigenvalue weighted by atomic mass is 19.1. The molecule has 0 unspecified atom stereocenters. The molecule has 0 aliphatic rings. The van der Waals surface area contributed by atoms with E-state index in [2.05, 4.69) is 9.97 Å². The Hall–Kier alpha value is -2.14. The average Bonchev–Trinajstić information content (AvgIpc) is 2.93. The lowest BCUT2D eigenvalue weighted by Gasteiger charge is -1.94. The van der Waals surface area contributed by atoms with Gasteiger partial charge in [-0.15, -0.1) is 0 Å². The minimum Gasteiger partial charge on any atom is -0.439 e. The zero-order chi connectivity index (χ0) is 11.8. The van der Waals surface area contributed by atoms with Crippen LogP contribution in [-0.2, 0) is 6.54 Å². The van der Waals surface area contributed by atoms with Gasteiger partial charge in [-0.3, -0.25) is 0 Å². The Morgan fingerprint density at radius 3 is 3.06 bits per heavy atom. The number of aromatic nitrogens is 2. The van der Waals surface area contributed by atoms with E-state index < -0.39 is 0 Å². The van der Waals surface area contributed by atoms with Crippen LogP contribution < -0.4 is 5.73 Å². The second-order valence-electron chi connectivity index (χ2n) is 3.71. The van der Waals surface area contributed by atoms with E-state index in [0.29, 0.717) is 11.7 Å². The van der Waals surface area contributed by atoms with Crippen LogP contribution in [0.25, 0.3) is 22.2 Å². The van der Waals surface area contributed by atoms with Gasteiger partial charge in [0, 0.05) is 22.7 Å². The van der Waals surface area contributed by atoms with Crippen LogP contribution in [0.15, 0.2) is 35.0 Å². The molecule has 1 aromatic carbocycles. The van der Waals surface area contributed by atoms with Crippen LogP contribution in [0.1, 0.15) is 5.89 Å². The number of fused-ring (bicyclic) bond motifs is 1. The molecule has 0 amide bonds. The third-order valence-corrected chi connectivity index (χ3v) is 2.64. The maximum Gasteiger partial charge on any atom is 0.208 e. The van der Waals surface area contributed by atoms with Crippen LogP contribution in [0.5, 0.6) is 0 Å². The largest absolute Gasteiger partial charge is 0.439 e. The molecule has 0 bridgehead atoms. The Morgan fingerprint density at radius 2 is 2.29 bits per heavy atom. The lowest BCUT2D eigenvalue weighted by molar-refractivity contribution is 0.510. The molecule has 4 nitrogen and oxygen atoms in total. The van der Waals surface area contributed by atoms with Crippen molar-refractivity contribution in [3.63, 3.8) is 0 Å². The summed E-state index contributed by atoms with van der Waals surface area (Å²) in [5, 5.41) is 0.768. The fourth-order valence-corrected chi connectivity index (χ4v) is 1.83. The van der Waals surface area contributed by atoms with Gasteiger partial charge in [-0.05, 0) is 18.2 Å². The maximum absolute atomic E-state index is 13.2. The van der Waals surface area contributed by atoms with Crippen molar-refractivity contribution in [2.75, 3.05) is 0 Å². The summed E-state index contributed by atoms with van der Waals surface area (Å²) in [6, 6.07) is 4.56. The predicted molar refractivity (Wildman–Crippen MR) is 61.6 cm³/mol. The zero-order valence-corrected chi connectivity index (χ0v) is 8.90. The highest BCUT2D eigenvalue weighted by molar-refractivity contribution is 5.94. The molecule has 3 N–H and O–H groups in total. The topological polar surface area (TPSA) is 67.8 Å². The van der Waals surface area contributed by atoms with Crippen molar-refractivity contribution in [3.8, 4) is 11.3 Å². The zero-order valence-electron chi connectivity index (χ0n) is 8.90. The van der Waals surface area contributed by atoms with Crippen LogP contribution in [-0.4, -0.2) is 9.97 Å². The minimum atomic E-state index is -0.281. The number of nitrogens with one attached hydrogen (secondary N) is 1. The highest BCUT2D eigenvalue weighted by Crippen LogP contribution is 2.29. The van der Waals surface area contributed by atoms with Crippen molar-refractivity contribution >= 4 is 10.9 Å². The van der Waals surface area contributed by atoms with Gasteiger partial charge >= 0.3 is 0 Å². The van der Waals surface area contributed by atoms with E-state index in [-0.39, 0.29) is 12.4 Å². The van der Waals surface area contributed by atoms with E-state index in [4.69, 9.17) is 10.2 Å². The Morgan fingerprint density at radius 1 is 1.41 bits per heavy atom. The first kappa shape index (κ1) is 10.0. The molecule has 2 heterocycles. The lowest BCUT2D eigenvalue weighted by Crippen LogP contribution is -1.94. The molecule has 0 saturated carbocycles. The molecule has 0 spiro atoms. The highest BCUT2D eigenvalue weighted by Gasteiger charge is 2.11. The van der Waals surface area contributed by atoms with E-state index in [1.807, 2.05) is 0 Å². The van der Waals surface area contributed by atoms with Crippen LogP contribution >= 0.6 is 0 Å². The monoisotopic (exact) mass is 231 g/mol. The number of hydrogen-bond acceptors (Lipinski definition) is 3. The summed E-state index contributed by atoms with van der Waals surface area (Å²) in [5.74, 6) is 0.768. The number of nitrogens with zero attached hydrogens (tertiary/aromatic N) is 1. The van der Waals surface area contributed by atoms with Gasteiger partial charge in [-0.25, -0.2) is 9.37 Å². The van der Waals surface area contributed by atoms with Gasteiger partial charge in [0.1, 0.15) is 5.82 Å². The summed E-state index contributed by atoms with van der Waals surface area (Å²) in [6.45, 7) is 0.247. The second kappa shape index (κ2) is 3.71. The van der Waals surface area contributed by atoms with Gasteiger partial charge in [0.2, 0.25) is 5.89 Å². The minimum absolute atomic E-state index is 0.247. The Balaban J connectivity index is 2.19. The molecule has 0 fully saturated rings.